The highest BCUT2D eigenvalue weighted by Gasteiger charge is 2.17. The molecule has 0 radical (unpaired) electrons. The maximum Gasteiger partial charge on any atom is 0.320 e. The molecular weight excluding hydrogens is 289 g/mol. The zero-order chi connectivity index (χ0) is 12.8. The van der Waals surface area contributed by atoms with Crippen LogP contribution in [0.4, 0.5) is 4.39 Å². The van der Waals surface area contributed by atoms with Crippen LogP contribution >= 0.6 is 15.9 Å². The van der Waals surface area contributed by atoms with Crippen molar-refractivity contribution < 1.29 is 13.9 Å². The van der Waals surface area contributed by atoms with Gasteiger partial charge in [-0.15, -0.1) is 0 Å². The summed E-state index contributed by atoms with van der Waals surface area (Å²) in [4.78, 5) is 10.7. The van der Waals surface area contributed by atoms with Crippen LogP contribution < -0.4 is 5.32 Å². The molecule has 0 bridgehead atoms. The van der Waals surface area contributed by atoms with Gasteiger partial charge in [-0.3, -0.25) is 4.79 Å². The molecule has 0 amide bonds. The second-order valence-electron chi connectivity index (χ2n) is 3.64. The quantitative estimate of drug-likeness (QED) is 0.670. The Morgan fingerprint density at radius 2 is 2.18 bits per heavy atom. The molecule has 3 nitrogen and oxygen atoms in total. The standard InChI is InChI=1S/C12H15BrFNO2/c1-8(9-5-3-4-6-11(9)14)15-7-10(13)12(16)17-2/h3-6,8,10,15H,7H2,1-2H3/t8-,10?/m1/s1. The maximum absolute atomic E-state index is 13.4. The highest BCUT2D eigenvalue weighted by molar-refractivity contribution is 9.10. The molecule has 1 rings (SSSR count). The van der Waals surface area contributed by atoms with E-state index in [9.17, 15) is 9.18 Å². The fourth-order valence-electron chi connectivity index (χ4n) is 1.43. The molecule has 17 heavy (non-hydrogen) atoms. The van der Waals surface area contributed by atoms with E-state index in [0.717, 1.165) is 0 Å². The third kappa shape index (κ3) is 4.09. The topological polar surface area (TPSA) is 38.3 Å². The number of halogens is 2. The van der Waals surface area contributed by atoms with Crippen LogP contribution in [0.25, 0.3) is 0 Å². The van der Waals surface area contributed by atoms with Crippen molar-refractivity contribution in [3.8, 4) is 0 Å². The van der Waals surface area contributed by atoms with Crippen LogP contribution in [0.5, 0.6) is 0 Å². The molecule has 0 aliphatic heterocycles. The molecule has 1 aromatic rings. The van der Waals surface area contributed by atoms with Gasteiger partial charge >= 0.3 is 5.97 Å². The van der Waals surface area contributed by atoms with Crippen molar-refractivity contribution in [2.45, 2.75) is 17.8 Å². The molecule has 0 saturated heterocycles. The minimum Gasteiger partial charge on any atom is -0.468 e. The SMILES string of the molecule is COC(=O)C(Br)CN[C@H](C)c1ccccc1F. The predicted octanol–water partition coefficient (Wildman–Crippen LogP) is 2.41. The molecule has 0 heterocycles. The Bertz CT molecular complexity index is 387. The third-order valence-electron chi connectivity index (χ3n) is 2.43. The summed E-state index contributed by atoms with van der Waals surface area (Å²) in [5.74, 6) is -0.602. The van der Waals surface area contributed by atoms with Crippen LogP contribution in [0.3, 0.4) is 0 Å². The van der Waals surface area contributed by atoms with E-state index in [1.807, 2.05) is 6.92 Å². The maximum atomic E-state index is 13.4. The molecule has 0 spiro atoms. The largest absolute Gasteiger partial charge is 0.468 e. The van der Waals surface area contributed by atoms with E-state index >= 15 is 0 Å². The first-order chi connectivity index (χ1) is 8.06. The third-order valence-corrected chi connectivity index (χ3v) is 3.13. The Balaban J connectivity index is 2.53. The number of carbonyl (C=O) groups excluding carboxylic acids is 1. The number of esters is 1. The van der Waals surface area contributed by atoms with Crippen molar-refractivity contribution in [2.24, 2.45) is 0 Å². The van der Waals surface area contributed by atoms with Gasteiger partial charge in [0.2, 0.25) is 0 Å². The minimum absolute atomic E-state index is 0.166. The van der Waals surface area contributed by atoms with Crippen molar-refractivity contribution in [1.29, 1.82) is 0 Å². The number of rotatable bonds is 5. The Kier molecular flexibility index (Phi) is 5.58. The lowest BCUT2D eigenvalue weighted by Gasteiger charge is -2.16. The second-order valence-corrected chi connectivity index (χ2v) is 4.75. The number of benzene rings is 1. The first kappa shape index (κ1) is 14.1. The number of carbonyl (C=O) groups is 1. The molecule has 0 fully saturated rings. The van der Waals surface area contributed by atoms with Gasteiger partial charge in [-0.25, -0.2) is 4.39 Å². The highest BCUT2D eigenvalue weighted by Crippen LogP contribution is 2.16. The van der Waals surface area contributed by atoms with E-state index in [2.05, 4.69) is 26.0 Å². The summed E-state index contributed by atoms with van der Waals surface area (Å²) < 4.78 is 18.0. The Labute approximate surface area is 108 Å². The molecule has 5 heteroatoms. The lowest BCUT2D eigenvalue weighted by Crippen LogP contribution is -2.31. The van der Waals surface area contributed by atoms with Gasteiger partial charge in [-0.05, 0) is 13.0 Å². The van der Waals surface area contributed by atoms with Gasteiger partial charge in [0.15, 0.2) is 0 Å². The summed E-state index contributed by atoms with van der Waals surface area (Å²) >= 11 is 3.19. The fraction of sp³-hybridized carbons (Fsp3) is 0.417. The van der Waals surface area contributed by atoms with E-state index in [1.165, 1.54) is 13.2 Å². The van der Waals surface area contributed by atoms with E-state index < -0.39 is 4.83 Å². The molecular formula is C12H15BrFNO2. The average molecular weight is 304 g/mol. The van der Waals surface area contributed by atoms with E-state index in [0.29, 0.717) is 12.1 Å². The van der Waals surface area contributed by atoms with Crippen LogP contribution in [0, 0.1) is 5.82 Å². The summed E-state index contributed by atoms with van der Waals surface area (Å²) in [7, 11) is 1.33. The van der Waals surface area contributed by atoms with Gasteiger partial charge in [-0.2, -0.15) is 0 Å². The monoisotopic (exact) mass is 303 g/mol. The van der Waals surface area contributed by atoms with Gasteiger partial charge in [0.05, 0.1) is 7.11 Å². The molecule has 0 aliphatic carbocycles. The van der Waals surface area contributed by atoms with Gasteiger partial charge < -0.3 is 10.1 Å². The number of nitrogens with one attached hydrogen (secondary N) is 1. The summed E-state index contributed by atoms with van der Waals surface area (Å²) in [6, 6.07) is 6.39. The lowest BCUT2D eigenvalue weighted by atomic mass is 10.1. The summed E-state index contributed by atoms with van der Waals surface area (Å²) in [6.07, 6.45) is 0. The van der Waals surface area contributed by atoms with E-state index in [1.54, 1.807) is 18.2 Å². The van der Waals surface area contributed by atoms with E-state index in [-0.39, 0.29) is 17.8 Å². The first-order valence-electron chi connectivity index (χ1n) is 5.26. The number of ether oxygens (including phenoxy) is 1. The Morgan fingerprint density at radius 3 is 2.76 bits per heavy atom. The average Bonchev–Trinajstić information content (AvgIpc) is 2.35. The van der Waals surface area contributed by atoms with Gasteiger partial charge in [0.1, 0.15) is 10.6 Å². The van der Waals surface area contributed by atoms with Crippen LogP contribution in [-0.4, -0.2) is 24.5 Å². The minimum atomic E-state index is -0.429. The molecule has 0 saturated carbocycles. The fourth-order valence-corrected chi connectivity index (χ4v) is 1.80. The van der Waals surface area contributed by atoms with Gasteiger partial charge in [0, 0.05) is 18.2 Å². The van der Waals surface area contributed by atoms with Gasteiger partial charge in [-0.1, -0.05) is 34.1 Å². The highest BCUT2D eigenvalue weighted by atomic mass is 79.9. The van der Waals surface area contributed by atoms with Crippen LogP contribution in [-0.2, 0) is 9.53 Å². The first-order valence-corrected chi connectivity index (χ1v) is 6.17. The molecule has 1 aromatic carbocycles. The Hall–Kier alpha value is -0.940. The Morgan fingerprint density at radius 1 is 1.53 bits per heavy atom. The number of methoxy groups -OCH3 is 1. The number of alkyl halides is 1. The molecule has 0 aromatic heterocycles. The zero-order valence-corrected chi connectivity index (χ0v) is 11.3. The van der Waals surface area contributed by atoms with Crippen LogP contribution in [0.2, 0.25) is 0 Å². The predicted molar refractivity (Wildman–Crippen MR) is 67.5 cm³/mol. The number of hydrogen-bond donors (Lipinski definition) is 1. The lowest BCUT2D eigenvalue weighted by molar-refractivity contribution is -0.139. The van der Waals surface area contributed by atoms with Crippen molar-refractivity contribution in [2.75, 3.05) is 13.7 Å². The van der Waals surface area contributed by atoms with E-state index in [4.69, 9.17) is 0 Å². The van der Waals surface area contributed by atoms with Crippen LogP contribution in [0.15, 0.2) is 24.3 Å². The normalized spacial score (nSPS) is 14.1. The number of hydrogen-bond acceptors (Lipinski definition) is 3. The summed E-state index contributed by atoms with van der Waals surface area (Å²) in [5, 5.41) is 3.07. The molecule has 1 unspecified atom stereocenters. The molecule has 2 atom stereocenters. The summed E-state index contributed by atoms with van der Waals surface area (Å²) in [6.45, 7) is 2.22. The molecule has 1 N–H and O–H groups in total. The molecule has 0 aliphatic rings. The smallest absolute Gasteiger partial charge is 0.320 e. The van der Waals surface area contributed by atoms with Crippen molar-refractivity contribution in [3.05, 3.63) is 35.6 Å². The zero-order valence-electron chi connectivity index (χ0n) is 9.74. The second kappa shape index (κ2) is 6.71. The molecule has 94 valence electrons. The van der Waals surface area contributed by atoms with Crippen molar-refractivity contribution >= 4 is 21.9 Å². The van der Waals surface area contributed by atoms with Gasteiger partial charge in [0.25, 0.3) is 0 Å². The summed E-state index contributed by atoms with van der Waals surface area (Å²) in [5.41, 5.74) is 0.581. The van der Waals surface area contributed by atoms with Crippen molar-refractivity contribution in [1.82, 2.24) is 5.32 Å². The van der Waals surface area contributed by atoms with Crippen molar-refractivity contribution in [3.63, 3.8) is 0 Å². The van der Waals surface area contributed by atoms with Crippen LogP contribution in [0.1, 0.15) is 18.5 Å².